The van der Waals surface area contributed by atoms with Crippen LogP contribution in [0.5, 0.6) is 5.75 Å². The number of nitrogens with zero attached hydrogens (tertiary/aromatic N) is 1. The zero-order valence-electron chi connectivity index (χ0n) is 13.7. The third-order valence-corrected chi connectivity index (χ3v) is 5.23. The molecule has 6 heteroatoms. The first-order valence-electron chi connectivity index (χ1n) is 7.23. The summed E-state index contributed by atoms with van der Waals surface area (Å²) in [6.45, 7) is 5.91. The molecule has 2 rings (SSSR count). The van der Waals surface area contributed by atoms with Crippen LogP contribution in [0.15, 0.2) is 47.6 Å². The van der Waals surface area contributed by atoms with E-state index in [2.05, 4.69) is 0 Å². The van der Waals surface area contributed by atoms with Gasteiger partial charge in [-0.1, -0.05) is 32.9 Å². The van der Waals surface area contributed by atoms with Crippen LogP contribution in [0.1, 0.15) is 31.9 Å². The van der Waals surface area contributed by atoms with Gasteiger partial charge in [0.1, 0.15) is 5.75 Å². The lowest BCUT2D eigenvalue weighted by Crippen LogP contribution is -2.35. The first-order valence-corrected chi connectivity index (χ1v) is 8.88. The van der Waals surface area contributed by atoms with Gasteiger partial charge < -0.3 is 9.94 Å². The van der Waals surface area contributed by atoms with E-state index in [9.17, 15) is 13.6 Å². The van der Waals surface area contributed by atoms with Crippen molar-refractivity contribution in [3.8, 4) is 5.75 Å². The standard InChI is InChI=1S/C17H21NO4S/c1-17(2,3)14-9-10-18(19)16(11-14)23(20,21)12-13-5-7-15(22-4)8-6-13/h5-11H,12H2,1-4H3. The van der Waals surface area contributed by atoms with Crippen molar-refractivity contribution >= 4 is 9.84 Å². The fourth-order valence-corrected chi connectivity index (χ4v) is 3.60. The van der Waals surface area contributed by atoms with Gasteiger partial charge in [0.2, 0.25) is 9.84 Å². The Bertz CT molecular complexity index is 790. The highest BCUT2D eigenvalue weighted by atomic mass is 32.2. The van der Waals surface area contributed by atoms with Crippen LogP contribution >= 0.6 is 0 Å². The summed E-state index contributed by atoms with van der Waals surface area (Å²) in [7, 11) is -2.19. The molecule has 23 heavy (non-hydrogen) atoms. The maximum atomic E-state index is 12.6. The molecule has 0 saturated carbocycles. The minimum Gasteiger partial charge on any atom is -0.618 e. The molecule has 0 unspecified atom stereocenters. The van der Waals surface area contributed by atoms with Crippen molar-refractivity contribution in [2.75, 3.05) is 7.11 Å². The molecule has 0 aliphatic rings. The summed E-state index contributed by atoms with van der Waals surface area (Å²) in [5.41, 5.74) is 1.17. The van der Waals surface area contributed by atoms with Gasteiger partial charge in [0.25, 0.3) is 0 Å². The van der Waals surface area contributed by atoms with Crippen molar-refractivity contribution in [3.05, 3.63) is 58.9 Å². The van der Waals surface area contributed by atoms with E-state index in [1.54, 1.807) is 37.4 Å². The van der Waals surface area contributed by atoms with E-state index in [1.807, 2.05) is 20.8 Å². The number of benzene rings is 1. The summed E-state index contributed by atoms with van der Waals surface area (Å²) >= 11 is 0. The Hall–Kier alpha value is -2.08. The third-order valence-electron chi connectivity index (χ3n) is 3.59. The molecule has 0 aliphatic carbocycles. The minimum atomic E-state index is -3.74. The van der Waals surface area contributed by atoms with Gasteiger partial charge >= 0.3 is 5.03 Å². The molecule has 0 bridgehead atoms. The molecular weight excluding hydrogens is 314 g/mol. The van der Waals surface area contributed by atoms with Gasteiger partial charge in [-0.3, -0.25) is 0 Å². The highest BCUT2D eigenvalue weighted by molar-refractivity contribution is 7.90. The lowest BCUT2D eigenvalue weighted by molar-refractivity contribution is -0.646. The SMILES string of the molecule is COc1ccc(CS(=O)(=O)c2cc(C(C)(C)C)cc[n+]2[O-])cc1. The second-order valence-electron chi connectivity index (χ2n) is 6.44. The van der Waals surface area contributed by atoms with E-state index in [-0.39, 0.29) is 16.2 Å². The van der Waals surface area contributed by atoms with E-state index in [4.69, 9.17) is 4.74 Å². The van der Waals surface area contributed by atoms with Gasteiger partial charge in [0.15, 0.2) is 6.20 Å². The molecule has 1 heterocycles. The van der Waals surface area contributed by atoms with Gasteiger partial charge in [0.05, 0.1) is 12.9 Å². The monoisotopic (exact) mass is 335 g/mol. The van der Waals surface area contributed by atoms with E-state index >= 15 is 0 Å². The molecule has 2 aromatic rings. The predicted molar refractivity (Wildman–Crippen MR) is 88.0 cm³/mol. The Morgan fingerprint density at radius 1 is 1.13 bits per heavy atom. The van der Waals surface area contributed by atoms with Gasteiger partial charge in [0, 0.05) is 12.1 Å². The average molecular weight is 335 g/mol. The highest BCUT2D eigenvalue weighted by Gasteiger charge is 2.27. The molecule has 0 amide bonds. The van der Waals surface area contributed by atoms with E-state index in [0.29, 0.717) is 16.0 Å². The van der Waals surface area contributed by atoms with Crippen molar-refractivity contribution in [3.63, 3.8) is 0 Å². The number of methoxy groups -OCH3 is 1. The fraction of sp³-hybridized carbons (Fsp3) is 0.353. The summed E-state index contributed by atoms with van der Waals surface area (Å²) in [4.78, 5) is 0. The van der Waals surface area contributed by atoms with Gasteiger partial charge in [-0.25, -0.2) is 8.42 Å². The van der Waals surface area contributed by atoms with Crippen LogP contribution in [-0.2, 0) is 21.0 Å². The van der Waals surface area contributed by atoms with Crippen molar-refractivity contribution in [2.45, 2.75) is 37.0 Å². The number of sulfone groups is 1. The average Bonchev–Trinajstić information content (AvgIpc) is 2.46. The minimum absolute atomic E-state index is 0.222. The number of rotatable bonds is 4. The van der Waals surface area contributed by atoms with E-state index in [0.717, 1.165) is 5.56 Å². The van der Waals surface area contributed by atoms with Gasteiger partial charge in [-0.15, -0.1) is 0 Å². The second-order valence-corrected chi connectivity index (χ2v) is 8.37. The lowest BCUT2D eigenvalue weighted by Gasteiger charge is -2.19. The molecule has 1 aromatic carbocycles. The van der Waals surface area contributed by atoms with E-state index in [1.165, 1.54) is 12.3 Å². The maximum absolute atomic E-state index is 12.6. The molecule has 0 fully saturated rings. The lowest BCUT2D eigenvalue weighted by atomic mass is 9.88. The smallest absolute Gasteiger partial charge is 0.309 e. The Morgan fingerprint density at radius 3 is 2.26 bits per heavy atom. The van der Waals surface area contributed by atoms with Crippen LogP contribution in [0.3, 0.4) is 0 Å². The Kier molecular flexibility index (Phi) is 4.66. The number of pyridine rings is 1. The summed E-state index contributed by atoms with van der Waals surface area (Å²) in [5.74, 6) is 0.423. The zero-order chi connectivity index (χ0) is 17.3. The Morgan fingerprint density at radius 2 is 1.74 bits per heavy atom. The molecule has 124 valence electrons. The fourth-order valence-electron chi connectivity index (χ4n) is 2.17. The van der Waals surface area contributed by atoms with Gasteiger partial charge in [-0.2, -0.15) is 4.73 Å². The normalized spacial score (nSPS) is 12.2. The third kappa shape index (κ3) is 4.01. The molecule has 0 atom stereocenters. The summed E-state index contributed by atoms with van der Waals surface area (Å²) in [5, 5.41) is 11.7. The van der Waals surface area contributed by atoms with Crippen LogP contribution in [0.4, 0.5) is 0 Å². The molecule has 0 saturated heterocycles. The number of aromatic nitrogens is 1. The maximum Gasteiger partial charge on any atom is 0.309 e. The molecular formula is C17H21NO4S. The highest BCUT2D eigenvalue weighted by Crippen LogP contribution is 2.24. The van der Waals surface area contributed by atoms with Crippen LogP contribution in [0.25, 0.3) is 0 Å². The quantitative estimate of drug-likeness (QED) is 0.636. The van der Waals surface area contributed by atoms with E-state index < -0.39 is 9.84 Å². The van der Waals surface area contributed by atoms with Gasteiger partial charge in [-0.05, 0) is 28.7 Å². The summed E-state index contributed by atoms with van der Waals surface area (Å²) in [6.07, 6.45) is 1.25. The number of hydrogen-bond acceptors (Lipinski definition) is 4. The molecule has 0 N–H and O–H groups in total. The van der Waals surface area contributed by atoms with Crippen LogP contribution in [-0.4, -0.2) is 15.5 Å². The van der Waals surface area contributed by atoms with Crippen molar-refractivity contribution in [1.82, 2.24) is 0 Å². The molecule has 0 aliphatic heterocycles. The molecule has 0 radical (unpaired) electrons. The first-order chi connectivity index (χ1) is 10.6. The molecule has 0 spiro atoms. The zero-order valence-corrected chi connectivity index (χ0v) is 14.6. The van der Waals surface area contributed by atoms with Crippen molar-refractivity contribution in [1.29, 1.82) is 0 Å². The van der Waals surface area contributed by atoms with Crippen LogP contribution < -0.4 is 9.47 Å². The Labute approximate surface area is 137 Å². The first kappa shape index (κ1) is 17.3. The van der Waals surface area contributed by atoms with Crippen LogP contribution in [0, 0.1) is 5.21 Å². The van der Waals surface area contributed by atoms with Crippen LogP contribution in [0.2, 0.25) is 0 Å². The van der Waals surface area contributed by atoms with Crippen molar-refractivity contribution < 1.29 is 17.9 Å². The Balaban J connectivity index is 2.38. The number of hydrogen-bond donors (Lipinski definition) is 0. The number of ether oxygens (including phenoxy) is 1. The summed E-state index contributed by atoms with van der Waals surface area (Å²) in [6, 6.07) is 9.87. The topological polar surface area (TPSA) is 70.3 Å². The molecule has 5 nitrogen and oxygen atoms in total. The second kappa shape index (κ2) is 6.20. The largest absolute Gasteiger partial charge is 0.618 e. The predicted octanol–water partition coefficient (Wildman–Crippen LogP) is 2.60. The molecule has 1 aromatic heterocycles. The summed E-state index contributed by atoms with van der Waals surface area (Å²) < 4.78 is 30.7. The van der Waals surface area contributed by atoms with Crippen molar-refractivity contribution in [2.24, 2.45) is 0 Å².